The maximum Gasteiger partial charge on any atom is 0.187 e. The Balaban J connectivity index is 1.41. The predicted molar refractivity (Wildman–Crippen MR) is 134 cm³/mol. The van der Waals surface area contributed by atoms with E-state index in [0.717, 1.165) is 0 Å². The predicted octanol–water partition coefficient (Wildman–Crippen LogP) is -9.75. The summed E-state index contributed by atoms with van der Waals surface area (Å²) in [5.41, 5.74) is 0. The third kappa shape index (κ3) is 7.59. The fraction of sp³-hybridized carbons (Fsp3) is 1.00. The van der Waals surface area contributed by atoms with Crippen LogP contribution in [-0.4, -0.2) is 221 Å². The number of ether oxygens (including phenoxy) is 7. The van der Waals surface area contributed by atoms with Crippen LogP contribution in [-0.2, 0) is 33.2 Å². The Morgan fingerprint density at radius 3 is 1.31 bits per heavy atom. The van der Waals surface area contributed by atoms with Gasteiger partial charge in [0.25, 0.3) is 0 Å². The minimum atomic E-state index is -2.00. The monoisotopic (exact) mass is 666 g/mol. The molecule has 20 atom stereocenters. The number of aliphatic hydroxyl groups is 14. The summed E-state index contributed by atoms with van der Waals surface area (Å²) in [6, 6.07) is 0. The second-order valence-electron chi connectivity index (χ2n) is 11.2. The lowest BCUT2D eigenvalue weighted by Crippen LogP contribution is -2.66. The molecule has 5 unspecified atom stereocenters. The van der Waals surface area contributed by atoms with Gasteiger partial charge >= 0.3 is 0 Å². The molecule has 0 saturated carbocycles. The summed E-state index contributed by atoms with van der Waals surface area (Å²) in [6.45, 7) is -3.14. The van der Waals surface area contributed by atoms with Gasteiger partial charge in [-0.25, -0.2) is 0 Å². The van der Waals surface area contributed by atoms with Crippen LogP contribution >= 0.6 is 0 Å². The van der Waals surface area contributed by atoms with Crippen molar-refractivity contribution in [3.05, 3.63) is 0 Å². The number of aliphatic hydroxyl groups excluding tert-OH is 14. The Morgan fingerprint density at radius 1 is 0.378 bits per heavy atom. The van der Waals surface area contributed by atoms with Crippen LogP contribution in [0.25, 0.3) is 0 Å². The van der Waals surface area contributed by atoms with E-state index in [1.807, 2.05) is 0 Å². The Labute approximate surface area is 254 Å². The topological polar surface area (TPSA) is 348 Å². The van der Waals surface area contributed by atoms with Crippen molar-refractivity contribution < 1.29 is 105 Å². The largest absolute Gasteiger partial charge is 0.394 e. The first kappa shape index (κ1) is 37.0. The molecule has 4 aliphatic rings. The summed E-state index contributed by atoms with van der Waals surface area (Å²) in [5, 5.41) is 142. The van der Waals surface area contributed by atoms with E-state index in [-0.39, 0.29) is 0 Å². The van der Waals surface area contributed by atoms with Gasteiger partial charge in [-0.2, -0.15) is 0 Å². The standard InChI is InChI=1S/C24H42O21/c25-1-5-9(28)11(30)16(35)22(41-5)39-4-8-10(29)12(31)17(36)23(43-8)45-20-7(3-27)42-24(18(37)14(20)33)44-19-6(2-26)40-21(38)15(34)13(19)32/h5-38H,1-4H2/t5-,6-,7+,8+,9-,10+,11+,12-,13-,14+,15-,16-,17+,18+,19?,20?,21+,22?,23?,24?/m1/s1. The molecule has 14 N–H and O–H groups in total. The maximum atomic E-state index is 10.9. The Hall–Kier alpha value is -0.840. The molecular weight excluding hydrogens is 624 g/mol. The lowest BCUT2D eigenvalue weighted by molar-refractivity contribution is -0.380. The fourth-order valence-electron chi connectivity index (χ4n) is 5.44. The average Bonchev–Trinajstić information content (AvgIpc) is 3.03. The quantitative estimate of drug-likeness (QED) is 0.103. The third-order valence-corrected chi connectivity index (χ3v) is 8.18. The van der Waals surface area contributed by atoms with E-state index in [9.17, 15) is 71.5 Å². The van der Waals surface area contributed by atoms with E-state index in [0.29, 0.717) is 0 Å². The van der Waals surface area contributed by atoms with Crippen LogP contribution < -0.4 is 0 Å². The minimum absolute atomic E-state index is 0.683. The Kier molecular flexibility index (Phi) is 12.8. The van der Waals surface area contributed by atoms with Crippen molar-refractivity contribution in [1.82, 2.24) is 0 Å². The van der Waals surface area contributed by atoms with Crippen molar-refractivity contribution in [2.75, 3.05) is 26.4 Å². The van der Waals surface area contributed by atoms with Crippen LogP contribution in [0.15, 0.2) is 0 Å². The second-order valence-corrected chi connectivity index (χ2v) is 11.2. The summed E-state index contributed by atoms with van der Waals surface area (Å²) < 4.78 is 37.5. The van der Waals surface area contributed by atoms with Crippen molar-refractivity contribution in [3.8, 4) is 0 Å². The van der Waals surface area contributed by atoms with Gasteiger partial charge in [-0.1, -0.05) is 0 Å². The molecule has 264 valence electrons. The summed E-state index contributed by atoms with van der Waals surface area (Å²) >= 11 is 0. The van der Waals surface area contributed by atoms with Crippen molar-refractivity contribution in [3.63, 3.8) is 0 Å². The number of rotatable bonds is 10. The maximum absolute atomic E-state index is 10.9. The van der Waals surface area contributed by atoms with E-state index in [4.69, 9.17) is 33.2 Å². The molecule has 0 spiro atoms. The molecule has 4 aliphatic heterocycles. The van der Waals surface area contributed by atoms with Crippen LogP contribution in [0.2, 0.25) is 0 Å². The van der Waals surface area contributed by atoms with Gasteiger partial charge in [0, 0.05) is 0 Å². The molecule has 45 heavy (non-hydrogen) atoms. The van der Waals surface area contributed by atoms with Gasteiger partial charge in [-0.05, 0) is 0 Å². The van der Waals surface area contributed by atoms with Crippen LogP contribution in [0, 0.1) is 0 Å². The summed E-state index contributed by atoms with van der Waals surface area (Å²) in [4.78, 5) is 0. The molecule has 4 fully saturated rings. The minimum Gasteiger partial charge on any atom is -0.394 e. The van der Waals surface area contributed by atoms with Gasteiger partial charge in [0.2, 0.25) is 0 Å². The number of hydrogen-bond acceptors (Lipinski definition) is 21. The first-order valence-corrected chi connectivity index (χ1v) is 14.1. The van der Waals surface area contributed by atoms with E-state index >= 15 is 0 Å². The van der Waals surface area contributed by atoms with Gasteiger partial charge in [0.15, 0.2) is 25.2 Å². The molecule has 0 bridgehead atoms. The second kappa shape index (κ2) is 15.6. The number of hydrogen-bond donors (Lipinski definition) is 14. The van der Waals surface area contributed by atoms with Gasteiger partial charge in [0.1, 0.15) is 97.7 Å². The summed E-state index contributed by atoms with van der Waals surface area (Å²) in [5.74, 6) is 0. The van der Waals surface area contributed by atoms with Crippen LogP contribution in [0.4, 0.5) is 0 Å². The molecule has 4 saturated heterocycles. The Bertz CT molecular complexity index is 912. The smallest absolute Gasteiger partial charge is 0.187 e. The average molecular weight is 667 g/mol. The third-order valence-electron chi connectivity index (χ3n) is 8.18. The molecular formula is C24H42O21. The molecule has 0 amide bonds. The zero-order chi connectivity index (χ0) is 33.3. The highest BCUT2D eigenvalue weighted by molar-refractivity contribution is 4.96. The van der Waals surface area contributed by atoms with E-state index in [2.05, 4.69) is 0 Å². The summed E-state index contributed by atoms with van der Waals surface area (Å²) in [6.07, 6.45) is -35.0. The van der Waals surface area contributed by atoms with Gasteiger partial charge in [-0.3, -0.25) is 0 Å². The zero-order valence-electron chi connectivity index (χ0n) is 23.5. The molecule has 0 radical (unpaired) electrons. The molecule has 21 nitrogen and oxygen atoms in total. The van der Waals surface area contributed by atoms with E-state index in [1.165, 1.54) is 0 Å². The molecule has 21 heteroatoms. The van der Waals surface area contributed by atoms with Gasteiger partial charge < -0.3 is 105 Å². The molecule has 0 aromatic carbocycles. The Morgan fingerprint density at radius 2 is 0.778 bits per heavy atom. The normalized spacial score (nSPS) is 52.9. The lowest BCUT2D eigenvalue weighted by Gasteiger charge is -2.48. The van der Waals surface area contributed by atoms with Gasteiger partial charge in [-0.15, -0.1) is 0 Å². The van der Waals surface area contributed by atoms with Crippen LogP contribution in [0.1, 0.15) is 0 Å². The van der Waals surface area contributed by atoms with Crippen molar-refractivity contribution in [2.24, 2.45) is 0 Å². The van der Waals surface area contributed by atoms with E-state index in [1.54, 1.807) is 0 Å². The summed E-state index contributed by atoms with van der Waals surface area (Å²) in [7, 11) is 0. The van der Waals surface area contributed by atoms with Gasteiger partial charge in [0.05, 0.1) is 26.4 Å². The lowest BCUT2D eigenvalue weighted by atomic mass is 9.96. The van der Waals surface area contributed by atoms with Crippen molar-refractivity contribution in [1.29, 1.82) is 0 Å². The SMILES string of the molecule is OC[C@@H]1OC(OC2[C@@H](CO)O[C@H](O)[C@H](O)[C@H]2O)[C@@H](O)[C@H](O)C1OC1O[C@@H](COC2O[C@H](CO)[C@@H](O)[C@H](O)[C@H]2O)[C@H](O)[C@@H](O)[C@@H]1O. The highest BCUT2D eigenvalue weighted by atomic mass is 16.8. The first-order valence-electron chi connectivity index (χ1n) is 14.1. The van der Waals surface area contributed by atoms with E-state index < -0.39 is 149 Å². The fourth-order valence-corrected chi connectivity index (χ4v) is 5.44. The van der Waals surface area contributed by atoms with Crippen LogP contribution in [0.3, 0.4) is 0 Å². The first-order chi connectivity index (χ1) is 21.2. The van der Waals surface area contributed by atoms with Crippen molar-refractivity contribution >= 4 is 0 Å². The van der Waals surface area contributed by atoms with Crippen LogP contribution in [0.5, 0.6) is 0 Å². The highest BCUT2D eigenvalue weighted by Crippen LogP contribution is 2.32. The molecule has 4 heterocycles. The molecule has 0 aromatic rings. The zero-order valence-corrected chi connectivity index (χ0v) is 23.5. The molecule has 0 aliphatic carbocycles. The molecule has 0 aromatic heterocycles. The highest BCUT2D eigenvalue weighted by Gasteiger charge is 2.53. The van der Waals surface area contributed by atoms with Crippen molar-refractivity contribution in [2.45, 2.75) is 123 Å². The molecule has 4 rings (SSSR count).